The Bertz CT molecular complexity index is 879. The fourth-order valence-corrected chi connectivity index (χ4v) is 2.14. The minimum Gasteiger partial charge on any atom is -0.478 e. The van der Waals surface area contributed by atoms with Crippen molar-refractivity contribution in [1.82, 2.24) is 10.2 Å². The Kier molecular flexibility index (Phi) is 3.76. The van der Waals surface area contributed by atoms with Gasteiger partial charge in [-0.25, -0.2) is 4.79 Å². The molecular formula is C18H14N2O3. The number of nitrogens with zero attached hydrogens (tertiary/aromatic N) is 2. The SMILES string of the molecule is C=C(C)c1ccc(-c2nnc(-c3cccc(C(=O)O)c3)o2)cc1. The molecule has 0 atom stereocenters. The molecule has 1 heterocycles. The van der Waals surface area contributed by atoms with Crippen LogP contribution in [0.1, 0.15) is 22.8 Å². The maximum Gasteiger partial charge on any atom is 0.335 e. The normalized spacial score (nSPS) is 10.5. The van der Waals surface area contributed by atoms with E-state index in [-0.39, 0.29) is 11.5 Å². The Morgan fingerprint density at radius 2 is 1.65 bits per heavy atom. The molecule has 0 saturated heterocycles. The molecule has 114 valence electrons. The van der Waals surface area contributed by atoms with Crippen molar-refractivity contribution in [2.75, 3.05) is 0 Å². The highest BCUT2D eigenvalue weighted by Crippen LogP contribution is 2.25. The van der Waals surface area contributed by atoms with Gasteiger partial charge in [0.1, 0.15) is 0 Å². The van der Waals surface area contributed by atoms with Gasteiger partial charge in [0.2, 0.25) is 11.8 Å². The molecule has 0 saturated carbocycles. The molecule has 1 N–H and O–H groups in total. The van der Waals surface area contributed by atoms with Crippen molar-refractivity contribution < 1.29 is 14.3 Å². The summed E-state index contributed by atoms with van der Waals surface area (Å²) < 4.78 is 5.65. The van der Waals surface area contributed by atoms with Crippen LogP contribution in [0.15, 0.2) is 59.5 Å². The first-order valence-electron chi connectivity index (χ1n) is 6.98. The Balaban J connectivity index is 1.92. The lowest BCUT2D eigenvalue weighted by Crippen LogP contribution is -1.95. The Morgan fingerprint density at radius 3 is 2.26 bits per heavy atom. The first kappa shape index (κ1) is 14.7. The number of carbonyl (C=O) groups is 1. The fourth-order valence-electron chi connectivity index (χ4n) is 2.14. The van der Waals surface area contributed by atoms with Crippen LogP contribution in [0.2, 0.25) is 0 Å². The highest BCUT2D eigenvalue weighted by Gasteiger charge is 2.12. The van der Waals surface area contributed by atoms with Crippen LogP contribution in [0, 0.1) is 0 Å². The second kappa shape index (κ2) is 5.88. The molecule has 0 radical (unpaired) electrons. The van der Waals surface area contributed by atoms with E-state index in [4.69, 9.17) is 9.52 Å². The number of allylic oxidation sites excluding steroid dienone is 1. The van der Waals surface area contributed by atoms with Crippen LogP contribution in [0.25, 0.3) is 28.5 Å². The number of aromatic nitrogens is 2. The zero-order chi connectivity index (χ0) is 16.4. The number of aromatic carboxylic acids is 1. The third-order valence-corrected chi connectivity index (χ3v) is 3.41. The summed E-state index contributed by atoms with van der Waals surface area (Å²) in [6.07, 6.45) is 0. The molecule has 5 nitrogen and oxygen atoms in total. The Morgan fingerprint density at radius 1 is 1.00 bits per heavy atom. The predicted molar refractivity (Wildman–Crippen MR) is 86.8 cm³/mol. The third kappa shape index (κ3) is 3.03. The van der Waals surface area contributed by atoms with Gasteiger partial charge >= 0.3 is 5.97 Å². The lowest BCUT2D eigenvalue weighted by Gasteiger charge is -2.00. The average Bonchev–Trinajstić information content (AvgIpc) is 3.05. The van der Waals surface area contributed by atoms with Crippen LogP contribution in [0.5, 0.6) is 0 Å². The molecule has 0 fully saturated rings. The quantitative estimate of drug-likeness (QED) is 0.784. The van der Waals surface area contributed by atoms with Crippen LogP contribution >= 0.6 is 0 Å². The topological polar surface area (TPSA) is 76.2 Å². The van der Waals surface area contributed by atoms with Crippen molar-refractivity contribution in [1.29, 1.82) is 0 Å². The summed E-state index contributed by atoms with van der Waals surface area (Å²) in [5, 5.41) is 17.1. The molecular weight excluding hydrogens is 292 g/mol. The van der Waals surface area contributed by atoms with Crippen molar-refractivity contribution in [3.8, 4) is 22.9 Å². The number of rotatable bonds is 4. The summed E-state index contributed by atoms with van der Waals surface area (Å²) in [6.45, 7) is 5.83. The minimum atomic E-state index is -0.998. The first-order chi connectivity index (χ1) is 11.0. The van der Waals surface area contributed by atoms with Crippen LogP contribution < -0.4 is 0 Å². The van der Waals surface area contributed by atoms with E-state index in [0.717, 1.165) is 16.7 Å². The molecule has 3 aromatic rings. The van der Waals surface area contributed by atoms with Crippen molar-refractivity contribution in [3.63, 3.8) is 0 Å². The summed E-state index contributed by atoms with van der Waals surface area (Å²) >= 11 is 0. The first-order valence-corrected chi connectivity index (χ1v) is 6.98. The number of hydrogen-bond acceptors (Lipinski definition) is 4. The molecule has 3 rings (SSSR count). The van der Waals surface area contributed by atoms with E-state index in [9.17, 15) is 4.79 Å². The summed E-state index contributed by atoms with van der Waals surface area (Å²) in [7, 11) is 0. The lowest BCUT2D eigenvalue weighted by atomic mass is 10.1. The zero-order valence-corrected chi connectivity index (χ0v) is 12.5. The van der Waals surface area contributed by atoms with Crippen molar-refractivity contribution >= 4 is 11.5 Å². The molecule has 0 aliphatic carbocycles. The van der Waals surface area contributed by atoms with Gasteiger partial charge in [-0.2, -0.15) is 0 Å². The van der Waals surface area contributed by atoms with Crippen LogP contribution in [-0.2, 0) is 0 Å². The highest BCUT2D eigenvalue weighted by molar-refractivity contribution is 5.89. The molecule has 2 aromatic carbocycles. The van der Waals surface area contributed by atoms with Crippen LogP contribution in [0.3, 0.4) is 0 Å². The largest absolute Gasteiger partial charge is 0.478 e. The number of carboxylic acid groups (broad SMARTS) is 1. The molecule has 0 spiro atoms. The maximum absolute atomic E-state index is 11.0. The van der Waals surface area contributed by atoms with E-state index in [1.54, 1.807) is 12.1 Å². The molecule has 0 amide bonds. The van der Waals surface area contributed by atoms with E-state index in [0.29, 0.717) is 11.5 Å². The highest BCUT2D eigenvalue weighted by atomic mass is 16.4. The number of hydrogen-bond donors (Lipinski definition) is 1. The molecule has 0 aliphatic heterocycles. The molecule has 0 bridgehead atoms. The summed E-state index contributed by atoms with van der Waals surface area (Å²) in [5.74, 6) is -0.331. The van der Waals surface area contributed by atoms with E-state index in [2.05, 4.69) is 16.8 Å². The lowest BCUT2D eigenvalue weighted by molar-refractivity contribution is 0.0697. The van der Waals surface area contributed by atoms with Gasteiger partial charge < -0.3 is 9.52 Å². The Labute approximate surface area is 132 Å². The van der Waals surface area contributed by atoms with Gasteiger partial charge in [0.05, 0.1) is 5.56 Å². The van der Waals surface area contributed by atoms with Gasteiger partial charge in [0.25, 0.3) is 0 Å². The fraction of sp³-hybridized carbons (Fsp3) is 0.0556. The van der Waals surface area contributed by atoms with Crippen molar-refractivity contribution in [2.45, 2.75) is 6.92 Å². The van der Waals surface area contributed by atoms with Gasteiger partial charge in [0, 0.05) is 11.1 Å². The third-order valence-electron chi connectivity index (χ3n) is 3.41. The second-order valence-electron chi connectivity index (χ2n) is 5.16. The number of carboxylic acids is 1. The van der Waals surface area contributed by atoms with E-state index < -0.39 is 5.97 Å². The Hall–Kier alpha value is -3.21. The van der Waals surface area contributed by atoms with Crippen molar-refractivity contribution in [3.05, 3.63) is 66.2 Å². The van der Waals surface area contributed by atoms with Crippen molar-refractivity contribution in [2.24, 2.45) is 0 Å². The smallest absolute Gasteiger partial charge is 0.335 e. The molecule has 5 heteroatoms. The second-order valence-corrected chi connectivity index (χ2v) is 5.16. The van der Waals surface area contributed by atoms with E-state index in [1.807, 2.05) is 31.2 Å². The summed E-state index contributed by atoms with van der Waals surface area (Å²) in [4.78, 5) is 11.0. The van der Waals surface area contributed by atoms with Gasteiger partial charge in [-0.3, -0.25) is 0 Å². The molecule has 23 heavy (non-hydrogen) atoms. The molecule has 0 unspecified atom stereocenters. The number of benzene rings is 2. The standard InChI is InChI=1S/C18H14N2O3/c1-11(2)12-6-8-13(9-7-12)16-19-20-17(23-16)14-4-3-5-15(10-14)18(21)22/h3-10H,1H2,2H3,(H,21,22). The van der Waals surface area contributed by atoms with Gasteiger partial charge in [0.15, 0.2) is 0 Å². The van der Waals surface area contributed by atoms with Crippen LogP contribution in [0.4, 0.5) is 0 Å². The van der Waals surface area contributed by atoms with Gasteiger partial charge in [-0.15, -0.1) is 10.2 Å². The van der Waals surface area contributed by atoms with Gasteiger partial charge in [-0.05, 0) is 42.8 Å². The summed E-state index contributed by atoms with van der Waals surface area (Å²) in [5.41, 5.74) is 3.56. The van der Waals surface area contributed by atoms with Gasteiger partial charge in [-0.1, -0.05) is 30.4 Å². The zero-order valence-electron chi connectivity index (χ0n) is 12.5. The molecule has 1 aromatic heterocycles. The van der Waals surface area contributed by atoms with Crippen LogP contribution in [-0.4, -0.2) is 21.3 Å². The summed E-state index contributed by atoms with van der Waals surface area (Å²) in [6, 6.07) is 14.0. The monoisotopic (exact) mass is 306 g/mol. The molecule has 0 aliphatic rings. The van der Waals surface area contributed by atoms with E-state index >= 15 is 0 Å². The minimum absolute atomic E-state index is 0.174. The maximum atomic E-state index is 11.0. The van der Waals surface area contributed by atoms with E-state index in [1.165, 1.54) is 12.1 Å². The predicted octanol–water partition coefficient (Wildman–Crippen LogP) is 4.13. The average molecular weight is 306 g/mol.